The van der Waals surface area contributed by atoms with E-state index in [-0.39, 0.29) is 11.3 Å². The fraction of sp³-hybridized carbons (Fsp3) is 0.500. The zero-order valence-corrected chi connectivity index (χ0v) is 12.6. The van der Waals surface area contributed by atoms with E-state index in [1.807, 2.05) is 11.8 Å². The molecule has 1 heterocycles. The minimum Gasteiger partial charge on any atom is -0.478 e. The number of nitro groups is 1. The molecule has 0 spiro atoms. The SMILES string of the molecule is Cc1c(NCC2CCCCS2)cc(C(=O)O)cc1[N+](=O)[O-]. The molecule has 1 unspecified atom stereocenters. The van der Waals surface area contributed by atoms with Gasteiger partial charge in [0, 0.05) is 29.1 Å². The average Bonchev–Trinajstić information content (AvgIpc) is 2.46. The van der Waals surface area contributed by atoms with Gasteiger partial charge in [0.05, 0.1) is 10.5 Å². The number of carboxylic acids is 1. The second-order valence-electron chi connectivity index (χ2n) is 5.10. The van der Waals surface area contributed by atoms with E-state index < -0.39 is 10.9 Å². The Morgan fingerprint density at radius 1 is 1.52 bits per heavy atom. The Kier molecular flexibility index (Phi) is 5.06. The van der Waals surface area contributed by atoms with Crippen molar-refractivity contribution in [3.8, 4) is 0 Å². The molecule has 7 heteroatoms. The van der Waals surface area contributed by atoms with Crippen molar-refractivity contribution < 1.29 is 14.8 Å². The van der Waals surface area contributed by atoms with E-state index in [1.54, 1.807) is 6.92 Å². The van der Waals surface area contributed by atoms with Gasteiger partial charge in [0.1, 0.15) is 0 Å². The van der Waals surface area contributed by atoms with Crippen LogP contribution in [0.4, 0.5) is 11.4 Å². The number of carboxylic acid groups (broad SMARTS) is 1. The molecular weight excluding hydrogens is 292 g/mol. The summed E-state index contributed by atoms with van der Waals surface area (Å²) in [6.45, 7) is 2.34. The molecular formula is C14H18N2O4S. The molecule has 2 rings (SSSR count). The summed E-state index contributed by atoms with van der Waals surface area (Å²) in [5, 5.41) is 23.8. The lowest BCUT2D eigenvalue weighted by Gasteiger charge is -2.22. The van der Waals surface area contributed by atoms with Gasteiger partial charge >= 0.3 is 5.97 Å². The molecule has 6 nitrogen and oxygen atoms in total. The Labute approximate surface area is 127 Å². The van der Waals surface area contributed by atoms with E-state index in [4.69, 9.17) is 5.11 Å². The Bertz CT molecular complexity index is 556. The maximum atomic E-state index is 11.1. The van der Waals surface area contributed by atoms with Crippen LogP contribution >= 0.6 is 11.8 Å². The van der Waals surface area contributed by atoms with Crippen molar-refractivity contribution in [1.82, 2.24) is 0 Å². The van der Waals surface area contributed by atoms with Gasteiger partial charge in [0.25, 0.3) is 5.69 Å². The summed E-state index contributed by atoms with van der Waals surface area (Å²) in [5.74, 6) is -0.0196. The number of carbonyl (C=O) groups is 1. The third-order valence-electron chi connectivity index (χ3n) is 3.62. The van der Waals surface area contributed by atoms with Crippen LogP contribution in [0.25, 0.3) is 0 Å². The molecule has 1 fully saturated rings. The highest BCUT2D eigenvalue weighted by molar-refractivity contribution is 7.99. The number of benzene rings is 1. The summed E-state index contributed by atoms with van der Waals surface area (Å²) in [4.78, 5) is 21.6. The van der Waals surface area contributed by atoms with Gasteiger partial charge in [-0.05, 0) is 31.6 Å². The topological polar surface area (TPSA) is 92.5 Å². The fourth-order valence-electron chi connectivity index (χ4n) is 2.39. The van der Waals surface area contributed by atoms with Crippen LogP contribution in [-0.4, -0.2) is 33.5 Å². The maximum Gasteiger partial charge on any atom is 0.336 e. The van der Waals surface area contributed by atoms with Crippen molar-refractivity contribution in [1.29, 1.82) is 0 Å². The van der Waals surface area contributed by atoms with Crippen molar-refractivity contribution in [2.45, 2.75) is 31.4 Å². The maximum absolute atomic E-state index is 11.1. The summed E-state index contributed by atoms with van der Waals surface area (Å²) in [6.07, 6.45) is 3.56. The highest BCUT2D eigenvalue weighted by Gasteiger charge is 2.20. The molecule has 21 heavy (non-hydrogen) atoms. The number of anilines is 1. The van der Waals surface area contributed by atoms with Gasteiger partial charge in [0.15, 0.2) is 0 Å². The van der Waals surface area contributed by atoms with Crippen molar-refractivity contribution in [2.24, 2.45) is 0 Å². The Hall–Kier alpha value is -1.76. The van der Waals surface area contributed by atoms with E-state index in [1.165, 1.54) is 18.9 Å². The number of rotatable bonds is 5. The summed E-state index contributed by atoms with van der Waals surface area (Å²) in [6, 6.07) is 2.58. The van der Waals surface area contributed by atoms with E-state index >= 15 is 0 Å². The smallest absolute Gasteiger partial charge is 0.336 e. The second kappa shape index (κ2) is 6.80. The molecule has 1 aliphatic rings. The first-order valence-corrected chi connectivity index (χ1v) is 7.91. The third kappa shape index (κ3) is 3.87. The van der Waals surface area contributed by atoms with Crippen LogP contribution in [-0.2, 0) is 0 Å². The number of nitrogens with zero attached hydrogens (tertiary/aromatic N) is 1. The van der Waals surface area contributed by atoms with Crippen molar-refractivity contribution in [3.63, 3.8) is 0 Å². The van der Waals surface area contributed by atoms with Gasteiger partial charge < -0.3 is 10.4 Å². The quantitative estimate of drug-likeness (QED) is 0.640. The number of nitro benzene ring substituents is 1. The van der Waals surface area contributed by atoms with Crippen LogP contribution in [0, 0.1) is 17.0 Å². The number of hydrogen-bond donors (Lipinski definition) is 2. The van der Waals surface area contributed by atoms with E-state index in [0.29, 0.717) is 23.0 Å². The highest BCUT2D eigenvalue weighted by atomic mass is 32.2. The monoisotopic (exact) mass is 310 g/mol. The molecule has 1 aromatic carbocycles. The number of thioether (sulfide) groups is 1. The van der Waals surface area contributed by atoms with Gasteiger partial charge in [0.2, 0.25) is 0 Å². The van der Waals surface area contributed by atoms with E-state index in [9.17, 15) is 14.9 Å². The molecule has 0 radical (unpaired) electrons. The van der Waals surface area contributed by atoms with Crippen molar-refractivity contribution >= 4 is 29.1 Å². The van der Waals surface area contributed by atoms with Crippen LogP contribution in [0.3, 0.4) is 0 Å². The normalized spacial score (nSPS) is 18.2. The molecule has 0 bridgehead atoms. The number of nitrogens with one attached hydrogen (secondary N) is 1. The minimum absolute atomic E-state index is 0.0638. The van der Waals surface area contributed by atoms with Crippen molar-refractivity contribution in [2.75, 3.05) is 17.6 Å². The standard InChI is InChI=1S/C14H18N2O4S/c1-9-12(15-8-11-4-2-3-5-21-11)6-10(14(17)18)7-13(9)16(19)20/h6-7,11,15H,2-5,8H2,1H3,(H,17,18). The zero-order valence-electron chi connectivity index (χ0n) is 11.8. The average molecular weight is 310 g/mol. The molecule has 1 aliphatic heterocycles. The first kappa shape index (κ1) is 15.6. The predicted octanol–water partition coefficient (Wildman–Crippen LogP) is 3.30. The third-order valence-corrected chi connectivity index (χ3v) is 5.02. The lowest BCUT2D eigenvalue weighted by molar-refractivity contribution is -0.385. The summed E-state index contributed by atoms with van der Waals surface area (Å²) in [5.41, 5.74) is 0.790. The van der Waals surface area contributed by atoms with Crippen molar-refractivity contribution in [3.05, 3.63) is 33.4 Å². The Morgan fingerprint density at radius 2 is 2.29 bits per heavy atom. The number of hydrogen-bond acceptors (Lipinski definition) is 5. The summed E-state index contributed by atoms with van der Waals surface area (Å²) < 4.78 is 0. The second-order valence-corrected chi connectivity index (χ2v) is 6.51. The predicted molar refractivity (Wildman–Crippen MR) is 83.4 cm³/mol. The molecule has 2 N–H and O–H groups in total. The fourth-order valence-corrected chi connectivity index (χ4v) is 3.63. The molecule has 1 aromatic rings. The lowest BCUT2D eigenvalue weighted by Crippen LogP contribution is -2.20. The lowest BCUT2D eigenvalue weighted by atomic mass is 10.1. The molecule has 114 valence electrons. The first-order valence-electron chi connectivity index (χ1n) is 6.87. The van der Waals surface area contributed by atoms with Gasteiger partial charge in [-0.3, -0.25) is 10.1 Å². The minimum atomic E-state index is -1.16. The molecule has 0 saturated carbocycles. The van der Waals surface area contributed by atoms with E-state index in [2.05, 4.69) is 5.32 Å². The highest BCUT2D eigenvalue weighted by Crippen LogP contribution is 2.30. The van der Waals surface area contributed by atoms with Gasteiger partial charge in [-0.25, -0.2) is 4.79 Å². The van der Waals surface area contributed by atoms with Crippen LogP contribution in [0.15, 0.2) is 12.1 Å². The zero-order chi connectivity index (χ0) is 15.4. The van der Waals surface area contributed by atoms with Crippen LogP contribution in [0.5, 0.6) is 0 Å². The molecule has 0 amide bonds. The Balaban J connectivity index is 2.20. The summed E-state index contributed by atoms with van der Waals surface area (Å²) >= 11 is 1.90. The van der Waals surface area contributed by atoms with Gasteiger partial charge in [-0.2, -0.15) is 11.8 Å². The van der Waals surface area contributed by atoms with Gasteiger partial charge in [-0.15, -0.1) is 0 Å². The summed E-state index contributed by atoms with van der Waals surface area (Å²) in [7, 11) is 0. The Morgan fingerprint density at radius 3 is 2.86 bits per heavy atom. The molecule has 0 aromatic heterocycles. The van der Waals surface area contributed by atoms with Gasteiger partial charge in [-0.1, -0.05) is 6.42 Å². The largest absolute Gasteiger partial charge is 0.478 e. The van der Waals surface area contributed by atoms with E-state index in [0.717, 1.165) is 18.2 Å². The molecule has 1 saturated heterocycles. The van der Waals surface area contributed by atoms with Crippen LogP contribution in [0.1, 0.15) is 35.2 Å². The molecule has 1 atom stereocenters. The van der Waals surface area contributed by atoms with Crippen LogP contribution in [0.2, 0.25) is 0 Å². The molecule has 0 aliphatic carbocycles. The number of aromatic carboxylic acids is 1. The van der Waals surface area contributed by atoms with Crippen LogP contribution < -0.4 is 5.32 Å². The first-order chi connectivity index (χ1) is 9.99.